The molecular weight excluding hydrogens is 348 g/mol. The van der Waals surface area contributed by atoms with Crippen LogP contribution in [0.25, 0.3) is 11.0 Å². The first-order valence-corrected chi connectivity index (χ1v) is 8.47. The number of fused-ring (bicyclic) bond motifs is 1. The van der Waals surface area contributed by atoms with E-state index in [1.807, 2.05) is 0 Å². The van der Waals surface area contributed by atoms with Crippen molar-refractivity contribution in [1.29, 1.82) is 0 Å². The van der Waals surface area contributed by atoms with Crippen LogP contribution in [0.4, 0.5) is 11.4 Å². The van der Waals surface area contributed by atoms with Gasteiger partial charge in [0, 0.05) is 17.7 Å². The Kier molecular flexibility index (Phi) is 5.73. The summed E-state index contributed by atoms with van der Waals surface area (Å²) in [6.07, 6.45) is 0. The van der Waals surface area contributed by atoms with Crippen molar-refractivity contribution in [3.63, 3.8) is 0 Å². The number of carbonyl (C=O) groups excluding carboxylic acids is 2. The highest BCUT2D eigenvalue weighted by Gasteiger charge is 2.22. The number of amides is 2. The third kappa shape index (κ3) is 4.27. The third-order valence-electron chi connectivity index (χ3n) is 3.85. The van der Waals surface area contributed by atoms with Crippen LogP contribution in [0.3, 0.4) is 0 Å². The number of carbonyl (C=O) groups is 2. The van der Waals surface area contributed by atoms with Gasteiger partial charge in [0.05, 0.1) is 7.11 Å². The fourth-order valence-corrected chi connectivity index (χ4v) is 2.56. The Morgan fingerprint density at radius 2 is 1.78 bits per heavy atom. The van der Waals surface area contributed by atoms with Crippen molar-refractivity contribution in [2.24, 2.45) is 0 Å². The molecule has 2 N–H and O–H groups in total. The molecule has 0 aliphatic carbocycles. The van der Waals surface area contributed by atoms with E-state index in [2.05, 4.69) is 10.6 Å². The summed E-state index contributed by atoms with van der Waals surface area (Å²) in [5.74, 6) is -0.123. The Bertz CT molecular complexity index is 947. The van der Waals surface area contributed by atoms with Crippen LogP contribution in [0.2, 0.25) is 0 Å². The maximum atomic E-state index is 12.7. The van der Waals surface area contributed by atoms with Crippen molar-refractivity contribution in [3.8, 4) is 5.75 Å². The Labute approximate surface area is 156 Å². The predicted molar refractivity (Wildman–Crippen MR) is 102 cm³/mol. The molecule has 0 unspecified atom stereocenters. The molecule has 0 saturated heterocycles. The molecule has 0 atom stereocenters. The van der Waals surface area contributed by atoms with Gasteiger partial charge in [-0.15, -0.1) is 0 Å². The lowest BCUT2D eigenvalue weighted by atomic mass is 10.2. The fourth-order valence-electron chi connectivity index (χ4n) is 2.56. The summed E-state index contributed by atoms with van der Waals surface area (Å²) in [7, 11) is 1.57. The molecule has 2 aromatic carbocycles. The monoisotopic (exact) mass is 368 g/mol. The quantitative estimate of drug-likeness (QED) is 0.664. The number of hydrogen-bond donors (Lipinski definition) is 2. The lowest BCUT2D eigenvalue weighted by Crippen LogP contribution is -2.20. The second-order valence-electron chi connectivity index (χ2n) is 5.67. The first-order chi connectivity index (χ1) is 13.1. The molecule has 0 fully saturated rings. The lowest BCUT2D eigenvalue weighted by molar-refractivity contribution is -0.120. The van der Waals surface area contributed by atoms with Gasteiger partial charge in [0.25, 0.3) is 5.91 Å². The average Bonchev–Trinajstić information content (AvgIpc) is 3.05. The van der Waals surface area contributed by atoms with Crippen molar-refractivity contribution in [2.45, 2.75) is 6.92 Å². The van der Waals surface area contributed by atoms with E-state index in [-0.39, 0.29) is 18.3 Å². The molecule has 0 radical (unpaired) electrons. The molecular formula is C20H20N2O5. The van der Waals surface area contributed by atoms with Crippen LogP contribution >= 0.6 is 0 Å². The second kappa shape index (κ2) is 8.37. The summed E-state index contributed by atoms with van der Waals surface area (Å²) >= 11 is 0. The zero-order chi connectivity index (χ0) is 19.2. The van der Waals surface area contributed by atoms with E-state index in [1.54, 1.807) is 62.6 Å². The minimum Gasteiger partial charge on any atom is -0.497 e. The van der Waals surface area contributed by atoms with Gasteiger partial charge in [-0.3, -0.25) is 9.59 Å². The summed E-state index contributed by atoms with van der Waals surface area (Å²) in [6, 6.07) is 14.0. The second-order valence-corrected chi connectivity index (χ2v) is 5.67. The van der Waals surface area contributed by atoms with Gasteiger partial charge in [0.15, 0.2) is 0 Å². The van der Waals surface area contributed by atoms with Crippen LogP contribution in [0, 0.1) is 0 Å². The first kappa shape index (κ1) is 18.5. The number of hydrogen-bond acceptors (Lipinski definition) is 5. The molecule has 0 aliphatic heterocycles. The fraction of sp³-hybridized carbons (Fsp3) is 0.200. The van der Waals surface area contributed by atoms with Gasteiger partial charge in [-0.25, -0.2) is 0 Å². The van der Waals surface area contributed by atoms with Gasteiger partial charge in [0.2, 0.25) is 11.7 Å². The molecule has 7 heteroatoms. The van der Waals surface area contributed by atoms with Gasteiger partial charge >= 0.3 is 0 Å². The first-order valence-electron chi connectivity index (χ1n) is 8.47. The molecule has 140 valence electrons. The third-order valence-corrected chi connectivity index (χ3v) is 3.85. The van der Waals surface area contributed by atoms with Gasteiger partial charge in [-0.2, -0.15) is 0 Å². The van der Waals surface area contributed by atoms with E-state index in [9.17, 15) is 9.59 Å². The number of ether oxygens (including phenoxy) is 2. The highest BCUT2D eigenvalue weighted by Crippen LogP contribution is 2.31. The van der Waals surface area contributed by atoms with E-state index >= 15 is 0 Å². The largest absolute Gasteiger partial charge is 0.497 e. The molecule has 27 heavy (non-hydrogen) atoms. The van der Waals surface area contributed by atoms with Gasteiger partial charge < -0.3 is 24.5 Å². The maximum absolute atomic E-state index is 12.7. The summed E-state index contributed by atoms with van der Waals surface area (Å²) in [4.78, 5) is 24.8. The van der Waals surface area contributed by atoms with Crippen LogP contribution < -0.4 is 15.4 Å². The highest BCUT2D eigenvalue weighted by molar-refractivity contribution is 6.14. The van der Waals surface area contributed by atoms with E-state index in [1.165, 1.54) is 0 Å². The number of methoxy groups -OCH3 is 1. The molecule has 7 nitrogen and oxygen atoms in total. The predicted octanol–water partition coefficient (Wildman–Crippen LogP) is 3.67. The number of rotatable bonds is 7. The Morgan fingerprint density at radius 1 is 1.04 bits per heavy atom. The van der Waals surface area contributed by atoms with E-state index < -0.39 is 5.91 Å². The Balaban J connectivity index is 1.88. The molecule has 2 amide bonds. The molecule has 3 rings (SSSR count). The minimum atomic E-state index is -0.469. The number of anilines is 2. The summed E-state index contributed by atoms with van der Waals surface area (Å²) in [5.41, 5.74) is 1.40. The van der Waals surface area contributed by atoms with Gasteiger partial charge in [0.1, 0.15) is 23.6 Å². The summed E-state index contributed by atoms with van der Waals surface area (Å²) in [5, 5.41) is 6.11. The minimum absolute atomic E-state index is 0.0249. The molecule has 0 spiro atoms. The van der Waals surface area contributed by atoms with Crippen molar-refractivity contribution in [3.05, 3.63) is 54.3 Å². The lowest BCUT2D eigenvalue weighted by Gasteiger charge is -2.08. The molecule has 1 heterocycles. The zero-order valence-electron chi connectivity index (χ0n) is 15.1. The highest BCUT2D eigenvalue weighted by atomic mass is 16.5. The SMILES string of the molecule is CCOCC(=O)Nc1c(C(=O)Nc2ccc(OC)cc2)oc2ccccc12. The van der Waals surface area contributed by atoms with Gasteiger partial charge in [-0.1, -0.05) is 12.1 Å². The van der Waals surface area contributed by atoms with Crippen LogP contribution in [-0.2, 0) is 9.53 Å². The van der Waals surface area contributed by atoms with Crippen LogP contribution in [0.1, 0.15) is 17.5 Å². The molecule has 3 aromatic rings. The smallest absolute Gasteiger partial charge is 0.293 e. The summed E-state index contributed by atoms with van der Waals surface area (Å²) < 4.78 is 15.9. The van der Waals surface area contributed by atoms with Crippen molar-refractivity contribution < 1.29 is 23.5 Å². The van der Waals surface area contributed by atoms with Crippen molar-refractivity contribution in [2.75, 3.05) is 31.0 Å². The van der Waals surface area contributed by atoms with E-state index in [0.717, 1.165) is 0 Å². The number of nitrogens with one attached hydrogen (secondary N) is 2. The molecule has 0 bridgehead atoms. The standard InChI is InChI=1S/C20H20N2O5/c1-3-26-12-17(23)22-18-15-6-4-5-7-16(15)27-19(18)20(24)21-13-8-10-14(25-2)11-9-13/h4-11H,3,12H2,1-2H3,(H,21,24)(H,22,23). The topological polar surface area (TPSA) is 89.8 Å². The maximum Gasteiger partial charge on any atom is 0.293 e. The van der Waals surface area contributed by atoms with E-state index in [4.69, 9.17) is 13.9 Å². The van der Waals surface area contributed by atoms with E-state index in [0.29, 0.717) is 34.7 Å². The average molecular weight is 368 g/mol. The van der Waals surface area contributed by atoms with Crippen molar-refractivity contribution in [1.82, 2.24) is 0 Å². The number of para-hydroxylation sites is 1. The molecule has 0 aliphatic rings. The molecule has 0 saturated carbocycles. The Morgan fingerprint density at radius 3 is 2.48 bits per heavy atom. The van der Waals surface area contributed by atoms with Crippen LogP contribution in [0.15, 0.2) is 52.9 Å². The van der Waals surface area contributed by atoms with Gasteiger partial charge in [-0.05, 0) is 43.3 Å². The van der Waals surface area contributed by atoms with Crippen molar-refractivity contribution >= 4 is 34.2 Å². The molecule has 1 aromatic heterocycles. The number of furan rings is 1. The number of benzene rings is 2. The summed E-state index contributed by atoms with van der Waals surface area (Å²) in [6.45, 7) is 2.12. The van der Waals surface area contributed by atoms with Crippen LogP contribution in [-0.4, -0.2) is 32.1 Å². The van der Waals surface area contributed by atoms with Crippen LogP contribution in [0.5, 0.6) is 5.75 Å². The normalized spacial score (nSPS) is 10.6. The zero-order valence-corrected chi connectivity index (χ0v) is 15.1. The Hall–Kier alpha value is -3.32.